The van der Waals surface area contributed by atoms with Gasteiger partial charge in [0.2, 0.25) is 0 Å². The number of anilines is 3. The Bertz CT molecular complexity index is 2610. The molecule has 0 aromatic heterocycles. The summed E-state index contributed by atoms with van der Waals surface area (Å²) in [6.07, 6.45) is 0. The van der Waals surface area contributed by atoms with Crippen LogP contribution in [0.25, 0.3) is 66.1 Å². The van der Waals surface area contributed by atoms with Crippen LogP contribution in [0.5, 0.6) is 0 Å². The molecule has 0 amide bonds. The van der Waals surface area contributed by atoms with E-state index in [0.717, 1.165) is 17.1 Å². The Labute approximate surface area is 299 Å². The zero-order valence-corrected chi connectivity index (χ0v) is 28.2. The van der Waals surface area contributed by atoms with E-state index >= 15 is 0 Å². The first kappa shape index (κ1) is 30.4. The molecular weight excluding hydrogens is 615 g/mol. The summed E-state index contributed by atoms with van der Waals surface area (Å²) in [4.78, 5) is 2.50. The molecule has 0 saturated carbocycles. The molecule has 0 aliphatic heterocycles. The van der Waals surface area contributed by atoms with Crippen molar-refractivity contribution in [2.45, 2.75) is 0 Å². The van der Waals surface area contributed by atoms with Crippen LogP contribution in [0.3, 0.4) is 0 Å². The maximum absolute atomic E-state index is 2.50. The average molecular weight is 650 g/mol. The third kappa shape index (κ3) is 5.65. The minimum atomic E-state index is 1.12. The monoisotopic (exact) mass is 649 g/mol. The maximum Gasteiger partial charge on any atom is 0.0546 e. The highest BCUT2D eigenvalue weighted by atomic mass is 15.1. The van der Waals surface area contributed by atoms with E-state index in [9.17, 15) is 0 Å². The van der Waals surface area contributed by atoms with Gasteiger partial charge in [0.15, 0.2) is 0 Å². The fraction of sp³-hybridized carbons (Fsp3) is 0. The number of rotatable bonds is 7. The van der Waals surface area contributed by atoms with E-state index in [2.05, 4.69) is 217 Å². The summed E-state index contributed by atoms with van der Waals surface area (Å²) in [6.45, 7) is 0. The standard InChI is InChI=1S/C50H35N/c1-4-17-36(18-5-1)41-33-34-43(37-19-6-2-7-20-37)49(35-41)51(47-32-16-24-38-23-10-11-27-42(38)47)48-31-13-12-28-45(48)46-30-15-26-40-25-14-29-44(50(40)46)39-21-8-3-9-22-39/h1-35H. The van der Waals surface area contributed by atoms with Gasteiger partial charge in [-0.05, 0) is 67.7 Å². The maximum atomic E-state index is 2.50. The van der Waals surface area contributed by atoms with Gasteiger partial charge in [0, 0.05) is 16.5 Å². The lowest BCUT2D eigenvalue weighted by molar-refractivity contribution is 1.30. The van der Waals surface area contributed by atoms with Crippen LogP contribution in [-0.2, 0) is 0 Å². The third-order valence-electron chi connectivity index (χ3n) is 9.86. The molecule has 1 nitrogen and oxygen atoms in total. The molecule has 0 atom stereocenters. The van der Waals surface area contributed by atoms with Gasteiger partial charge in [-0.15, -0.1) is 0 Å². The van der Waals surface area contributed by atoms with Crippen LogP contribution in [-0.4, -0.2) is 0 Å². The molecule has 0 N–H and O–H groups in total. The molecule has 0 saturated heterocycles. The molecule has 240 valence electrons. The minimum Gasteiger partial charge on any atom is -0.309 e. The Hall–Kier alpha value is -6.70. The fourth-order valence-corrected chi connectivity index (χ4v) is 7.50. The van der Waals surface area contributed by atoms with E-state index in [-0.39, 0.29) is 0 Å². The summed E-state index contributed by atoms with van der Waals surface area (Å²) < 4.78 is 0. The highest BCUT2D eigenvalue weighted by Crippen LogP contribution is 2.49. The molecule has 0 radical (unpaired) electrons. The number of benzene rings is 9. The van der Waals surface area contributed by atoms with E-state index in [4.69, 9.17) is 0 Å². The molecule has 0 unspecified atom stereocenters. The van der Waals surface area contributed by atoms with E-state index in [1.165, 1.54) is 66.1 Å². The van der Waals surface area contributed by atoms with Gasteiger partial charge >= 0.3 is 0 Å². The van der Waals surface area contributed by atoms with Gasteiger partial charge in [0.25, 0.3) is 0 Å². The van der Waals surface area contributed by atoms with Crippen molar-refractivity contribution in [1.82, 2.24) is 0 Å². The van der Waals surface area contributed by atoms with E-state index in [0.29, 0.717) is 0 Å². The topological polar surface area (TPSA) is 3.24 Å². The third-order valence-corrected chi connectivity index (χ3v) is 9.86. The Morgan fingerprint density at radius 3 is 1.51 bits per heavy atom. The van der Waals surface area contributed by atoms with Gasteiger partial charge in [0.05, 0.1) is 17.1 Å². The number of hydrogen-bond acceptors (Lipinski definition) is 1. The lowest BCUT2D eigenvalue weighted by Gasteiger charge is -2.31. The number of fused-ring (bicyclic) bond motifs is 2. The van der Waals surface area contributed by atoms with Crippen LogP contribution in [0.1, 0.15) is 0 Å². The zero-order valence-electron chi connectivity index (χ0n) is 28.2. The summed E-state index contributed by atoms with van der Waals surface area (Å²) in [5.41, 5.74) is 12.9. The van der Waals surface area contributed by atoms with Crippen molar-refractivity contribution in [3.8, 4) is 44.5 Å². The van der Waals surface area contributed by atoms with E-state index < -0.39 is 0 Å². The van der Waals surface area contributed by atoms with Crippen molar-refractivity contribution >= 4 is 38.6 Å². The summed E-state index contributed by atoms with van der Waals surface area (Å²) in [5, 5.41) is 4.87. The second-order valence-corrected chi connectivity index (χ2v) is 12.9. The highest BCUT2D eigenvalue weighted by Gasteiger charge is 2.24. The fourth-order valence-electron chi connectivity index (χ4n) is 7.50. The highest BCUT2D eigenvalue weighted by molar-refractivity contribution is 6.10. The van der Waals surface area contributed by atoms with Crippen molar-refractivity contribution in [3.05, 3.63) is 212 Å². The van der Waals surface area contributed by atoms with Crippen LogP contribution < -0.4 is 4.90 Å². The predicted octanol–water partition coefficient (Wildman–Crippen LogP) is 14.1. The molecule has 0 aliphatic rings. The number of hydrogen-bond donors (Lipinski definition) is 0. The van der Waals surface area contributed by atoms with Crippen LogP contribution in [0.15, 0.2) is 212 Å². The SMILES string of the molecule is c1ccc(-c2ccc(-c3ccccc3)c(N(c3ccccc3-c3cccc4cccc(-c5ccccc5)c34)c3cccc4ccccc34)c2)cc1. The first-order valence-corrected chi connectivity index (χ1v) is 17.5. The van der Waals surface area contributed by atoms with Crippen molar-refractivity contribution in [2.24, 2.45) is 0 Å². The molecule has 9 aromatic rings. The minimum absolute atomic E-state index is 1.12. The van der Waals surface area contributed by atoms with Crippen molar-refractivity contribution in [1.29, 1.82) is 0 Å². The molecule has 0 spiro atoms. The summed E-state index contributed by atoms with van der Waals surface area (Å²) in [7, 11) is 0. The average Bonchev–Trinajstić information content (AvgIpc) is 3.22. The van der Waals surface area contributed by atoms with Gasteiger partial charge < -0.3 is 4.90 Å². The molecule has 0 bridgehead atoms. The molecule has 0 fully saturated rings. The Morgan fingerprint density at radius 2 is 0.765 bits per heavy atom. The molecule has 51 heavy (non-hydrogen) atoms. The van der Waals surface area contributed by atoms with Crippen LogP contribution in [0.4, 0.5) is 17.1 Å². The molecular formula is C50H35N. The van der Waals surface area contributed by atoms with Crippen molar-refractivity contribution in [2.75, 3.05) is 4.90 Å². The molecule has 0 heterocycles. The lowest BCUT2D eigenvalue weighted by Crippen LogP contribution is -2.13. The normalized spacial score (nSPS) is 11.1. The first-order valence-electron chi connectivity index (χ1n) is 17.5. The number of para-hydroxylation sites is 1. The van der Waals surface area contributed by atoms with Crippen LogP contribution in [0.2, 0.25) is 0 Å². The van der Waals surface area contributed by atoms with Crippen LogP contribution in [0, 0.1) is 0 Å². The van der Waals surface area contributed by atoms with Crippen molar-refractivity contribution in [3.63, 3.8) is 0 Å². The Balaban J connectivity index is 1.38. The van der Waals surface area contributed by atoms with Gasteiger partial charge in [0.1, 0.15) is 0 Å². The second kappa shape index (κ2) is 13.3. The Kier molecular flexibility index (Phi) is 7.92. The largest absolute Gasteiger partial charge is 0.309 e. The molecule has 0 aliphatic carbocycles. The molecule has 9 aromatic carbocycles. The lowest BCUT2D eigenvalue weighted by atomic mass is 9.90. The zero-order chi connectivity index (χ0) is 34.0. The van der Waals surface area contributed by atoms with Gasteiger partial charge in [-0.25, -0.2) is 0 Å². The van der Waals surface area contributed by atoms with Gasteiger partial charge in [-0.2, -0.15) is 0 Å². The summed E-state index contributed by atoms with van der Waals surface area (Å²) >= 11 is 0. The molecule has 9 rings (SSSR count). The van der Waals surface area contributed by atoms with Crippen molar-refractivity contribution < 1.29 is 0 Å². The second-order valence-electron chi connectivity index (χ2n) is 12.9. The molecule has 1 heteroatoms. The smallest absolute Gasteiger partial charge is 0.0546 e. The summed E-state index contributed by atoms with van der Waals surface area (Å²) in [5.74, 6) is 0. The van der Waals surface area contributed by atoms with E-state index in [1.54, 1.807) is 0 Å². The van der Waals surface area contributed by atoms with E-state index in [1.807, 2.05) is 0 Å². The first-order chi connectivity index (χ1) is 25.3. The summed E-state index contributed by atoms with van der Waals surface area (Å²) in [6, 6.07) is 76.8. The van der Waals surface area contributed by atoms with Crippen LogP contribution >= 0.6 is 0 Å². The predicted molar refractivity (Wildman–Crippen MR) is 218 cm³/mol. The number of nitrogens with zero attached hydrogens (tertiary/aromatic N) is 1. The van der Waals surface area contributed by atoms with Gasteiger partial charge in [-0.1, -0.05) is 194 Å². The quantitative estimate of drug-likeness (QED) is 0.166. The Morgan fingerprint density at radius 1 is 0.255 bits per heavy atom. The van der Waals surface area contributed by atoms with Gasteiger partial charge in [-0.3, -0.25) is 0 Å².